The molecule has 6 heteroatoms. The minimum atomic E-state index is -1.03. The van der Waals surface area contributed by atoms with E-state index in [-0.39, 0.29) is 12.5 Å². The molecule has 3 amide bonds. The number of carbonyl (C=O) groups excluding carboxylic acids is 3. The molecule has 0 spiro atoms. The van der Waals surface area contributed by atoms with Crippen molar-refractivity contribution in [3.05, 3.63) is 28.0 Å². The highest BCUT2D eigenvalue weighted by molar-refractivity contribution is 7.11. The van der Waals surface area contributed by atoms with E-state index in [4.69, 9.17) is 0 Å². The summed E-state index contributed by atoms with van der Waals surface area (Å²) in [5, 5.41) is 4.19. The Kier molecular flexibility index (Phi) is 3.76. The van der Waals surface area contributed by atoms with Crippen LogP contribution in [0.1, 0.15) is 24.3 Å². The van der Waals surface area contributed by atoms with Gasteiger partial charge in [0, 0.05) is 11.0 Å². The highest BCUT2D eigenvalue weighted by Crippen LogP contribution is 2.20. The van der Waals surface area contributed by atoms with E-state index in [1.807, 2.05) is 18.4 Å². The van der Waals surface area contributed by atoms with Crippen molar-refractivity contribution in [1.29, 1.82) is 0 Å². The Hall–Kier alpha value is -1.95. The van der Waals surface area contributed by atoms with Crippen LogP contribution in [-0.4, -0.2) is 34.7 Å². The zero-order valence-electron chi connectivity index (χ0n) is 11.6. The zero-order chi connectivity index (χ0) is 14.9. The monoisotopic (exact) mass is 292 g/mol. The lowest BCUT2D eigenvalue weighted by molar-refractivity contribution is -0.153. The third-order valence-electron chi connectivity index (χ3n) is 3.33. The molecule has 0 aliphatic carbocycles. The van der Waals surface area contributed by atoms with Gasteiger partial charge in [-0.3, -0.25) is 19.7 Å². The van der Waals surface area contributed by atoms with Gasteiger partial charge in [0.15, 0.2) is 0 Å². The molecule has 1 aliphatic heterocycles. The SMILES string of the molecule is Cc1ccsc1C=CC(=O)N1CC(=O)NC(=O)C1(C)C. The molecule has 0 radical (unpaired) electrons. The number of piperazine rings is 1. The molecule has 0 aromatic carbocycles. The van der Waals surface area contributed by atoms with Crippen LogP contribution in [0.25, 0.3) is 6.08 Å². The van der Waals surface area contributed by atoms with Crippen molar-refractivity contribution in [1.82, 2.24) is 10.2 Å². The minimum Gasteiger partial charge on any atom is -0.316 e. The predicted molar refractivity (Wildman–Crippen MR) is 77.0 cm³/mol. The Morgan fingerprint density at radius 1 is 1.45 bits per heavy atom. The predicted octanol–water partition coefficient (Wildman–Crippen LogP) is 1.33. The van der Waals surface area contributed by atoms with E-state index in [0.29, 0.717) is 0 Å². The molecule has 1 fully saturated rings. The van der Waals surface area contributed by atoms with Crippen molar-refractivity contribution in [2.45, 2.75) is 26.3 Å². The molecule has 106 valence electrons. The maximum absolute atomic E-state index is 12.2. The molecule has 1 aromatic rings. The Balaban J connectivity index is 2.19. The molecule has 1 aromatic heterocycles. The van der Waals surface area contributed by atoms with Gasteiger partial charge in [0.1, 0.15) is 12.1 Å². The number of aryl methyl sites for hydroxylation is 1. The summed E-state index contributed by atoms with van der Waals surface area (Å²) in [6.07, 6.45) is 3.13. The fourth-order valence-corrected chi connectivity index (χ4v) is 2.75. The maximum Gasteiger partial charge on any atom is 0.252 e. The Labute approximate surface area is 121 Å². The molecule has 5 nitrogen and oxygen atoms in total. The van der Waals surface area contributed by atoms with Crippen molar-refractivity contribution >= 4 is 35.1 Å². The van der Waals surface area contributed by atoms with Crippen molar-refractivity contribution < 1.29 is 14.4 Å². The Morgan fingerprint density at radius 3 is 2.75 bits per heavy atom. The van der Waals surface area contributed by atoms with Crippen molar-refractivity contribution in [3.63, 3.8) is 0 Å². The first-order valence-corrected chi connectivity index (χ1v) is 7.08. The van der Waals surface area contributed by atoms with Gasteiger partial charge in [0.05, 0.1) is 0 Å². The van der Waals surface area contributed by atoms with Crippen LogP contribution in [0.15, 0.2) is 17.5 Å². The number of amides is 3. The van der Waals surface area contributed by atoms with Gasteiger partial charge in [-0.2, -0.15) is 0 Å². The summed E-state index contributed by atoms with van der Waals surface area (Å²) in [6.45, 7) is 5.10. The first-order valence-electron chi connectivity index (χ1n) is 6.20. The van der Waals surface area contributed by atoms with Crippen LogP contribution in [0.4, 0.5) is 0 Å². The second kappa shape index (κ2) is 5.20. The number of thiophene rings is 1. The van der Waals surface area contributed by atoms with Gasteiger partial charge in [0.25, 0.3) is 5.91 Å². The number of hydrogen-bond donors (Lipinski definition) is 1. The summed E-state index contributed by atoms with van der Waals surface area (Å²) in [4.78, 5) is 37.7. The zero-order valence-corrected chi connectivity index (χ0v) is 12.4. The number of carbonyl (C=O) groups is 3. The number of imide groups is 1. The van der Waals surface area contributed by atoms with E-state index in [1.165, 1.54) is 22.3 Å². The summed E-state index contributed by atoms with van der Waals surface area (Å²) in [7, 11) is 0. The fourth-order valence-electron chi connectivity index (χ4n) is 1.93. The molecule has 2 rings (SSSR count). The summed E-state index contributed by atoms with van der Waals surface area (Å²) >= 11 is 1.54. The maximum atomic E-state index is 12.2. The van der Waals surface area contributed by atoms with Gasteiger partial charge in [0.2, 0.25) is 11.8 Å². The number of rotatable bonds is 2. The van der Waals surface area contributed by atoms with Gasteiger partial charge >= 0.3 is 0 Å². The minimum absolute atomic E-state index is 0.106. The first kappa shape index (κ1) is 14.5. The van der Waals surface area contributed by atoms with E-state index in [0.717, 1.165) is 10.4 Å². The van der Waals surface area contributed by atoms with Crippen LogP contribution >= 0.6 is 11.3 Å². The first-order chi connectivity index (χ1) is 9.32. The molecule has 1 aliphatic rings. The molecule has 1 N–H and O–H groups in total. The lowest BCUT2D eigenvalue weighted by atomic mass is 9.98. The molecular weight excluding hydrogens is 276 g/mol. The van der Waals surface area contributed by atoms with E-state index >= 15 is 0 Å². The molecule has 0 unspecified atom stereocenters. The summed E-state index contributed by atoms with van der Waals surface area (Å²) in [5.74, 6) is -1.25. The topological polar surface area (TPSA) is 66.5 Å². The van der Waals surface area contributed by atoms with Gasteiger partial charge < -0.3 is 4.90 Å². The highest BCUT2D eigenvalue weighted by atomic mass is 32.1. The molecular formula is C14H16N2O3S. The molecule has 20 heavy (non-hydrogen) atoms. The Morgan fingerprint density at radius 2 is 2.15 bits per heavy atom. The van der Waals surface area contributed by atoms with Crippen LogP contribution in [0.5, 0.6) is 0 Å². The average molecular weight is 292 g/mol. The average Bonchev–Trinajstić information content (AvgIpc) is 2.77. The lowest BCUT2D eigenvalue weighted by Gasteiger charge is -2.39. The van der Waals surface area contributed by atoms with Crippen molar-refractivity contribution in [2.75, 3.05) is 6.54 Å². The van der Waals surface area contributed by atoms with Crippen LogP contribution in [-0.2, 0) is 14.4 Å². The van der Waals surface area contributed by atoms with Gasteiger partial charge in [-0.15, -0.1) is 11.3 Å². The second-order valence-corrected chi connectivity index (χ2v) is 6.11. The fraction of sp³-hybridized carbons (Fsp3) is 0.357. The molecule has 2 heterocycles. The third-order valence-corrected chi connectivity index (χ3v) is 4.31. The van der Waals surface area contributed by atoms with E-state index in [1.54, 1.807) is 19.9 Å². The van der Waals surface area contributed by atoms with Crippen molar-refractivity contribution in [3.8, 4) is 0 Å². The normalized spacial score (nSPS) is 18.4. The molecule has 1 saturated heterocycles. The number of hydrogen-bond acceptors (Lipinski definition) is 4. The Bertz CT molecular complexity index is 601. The van der Waals surface area contributed by atoms with E-state index in [9.17, 15) is 14.4 Å². The summed E-state index contributed by atoms with van der Waals surface area (Å²) < 4.78 is 0. The molecule has 0 bridgehead atoms. The van der Waals surface area contributed by atoms with Crippen molar-refractivity contribution in [2.24, 2.45) is 0 Å². The van der Waals surface area contributed by atoms with Crippen LogP contribution in [0.2, 0.25) is 0 Å². The smallest absolute Gasteiger partial charge is 0.252 e. The largest absolute Gasteiger partial charge is 0.316 e. The van der Waals surface area contributed by atoms with Gasteiger partial charge in [-0.25, -0.2) is 0 Å². The quantitative estimate of drug-likeness (QED) is 0.660. The van der Waals surface area contributed by atoms with E-state index < -0.39 is 17.4 Å². The van der Waals surface area contributed by atoms with Crippen LogP contribution in [0.3, 0.4) is 0 Å². The highest BCUT2D eigenvalue weighted by Gasteiger charge is 2.42. The number of nitrogens with one attached hydrogen (secondary N) is 1. The van der Waals surface area contributed by atoms with Crippen LogP contribution < -0.4 is 5.32 Å². The number of nitrogens with zero attached hydrogens (tertiary/aromatic N) is 1. The van der Waals surface area contributed by atoms with Gasteiger partial charge in [-0.1, -0.05) is 0 Å². The molecule has 0 saturated carbocycles. The van der Waals surface area contributed by atoms with E-state index in [2.05, 4.69) is 5.32 Å². The van der Waals surface area contributed by atoms with Crippen LogP contribution in [0, 0.1) is 6.92 Å². The lowest BCUT2D eigenvalue weighted by Crippen LogP contribution is -2.65. The third kappa shape index (κ3) is 2.65. The standard InChI is InChI=1S/C14H16N2O3S/c1-9-6-7-20-10(9)4-5-12(18)16-8-11(17)15-13(19)14(16,2)3/h4-7H,8H2,1-3H3,(H,15,17,19). The molecule has 0 atom stereocenters. The summed E-state index contributed by atoms with van der Waals surface area (Å²) in [5.41, 5.74) is 0.0607. The second-order valence-electron chi connectivity index (χ2n) is 5.16. The summed E-state index contributed by atoms with van der Waals surface area (Å²) in [6, 6.07) is 1.97. The van der Waals surface area contributed by atoms with Gasteiger partial charge in [-0.05, 0) is 43.9 Å².